The number of nitrogens with two attached hydrogens (primary N) is 1. The maximum Gasteiger partial charge on any atom is 0.293 e. The lowest BCUT2D eigenvalue weighted by molar-refractivity contribution is 0.0948. The van der Waals surface area contributed by atoms with Gasteiger partial charge in [0.2, 0.25) is 11.6 Å². The Morgan fingerprint density at radius 3 is 2.81 bits per heavy atom. The summed E-state index contributed by atoms with van der Waals surface area (Å²) in [5.74, 6) is -0.460. The summed E-state index contributed by atoms with van der Waals surface area (Å²) in [6, 6.07) is 6.59. The van der Waals surface area contributed by atoms with Gasteiger partial charge in [0, 0.05) is 5.56 Å². The Hall–Kier alpha value is -3.76. The smallest absolute Gasteiger partial charge is 0.293 e. The number of aromatic nitrogens is 5. The summed E-state index contributed by atoms with van der Waals surface area (Å²) in [6.07, 6.45) is 1.33. The number of hydrazone groups is 1. The lowest BCUT2D eigenvalue weighted by Crippen LogP contribution is -2.21. The second-order valence-electron chi connectivity index (χ2n) is 5.62. The maximum atomic E-state index is 12.4. The number of hydrogen-bond donors (Lipinski definition) is 3. The van der Waals surface area contributed by atoms with Crippen LogP contribution in [-0.2, 0) is 0 Å². The molecule has 0 aliphatic heterocycles. The molecule has 1 amide bonds. The molecule has 0 saturated carbocycles. The molecule has 11 heteroatoms. The number of nitrogens with one attached hydrogen (secondary N) is 1. The van der Waals surface area contributed by atoms with Gasteiger partial charge in [-0.05, 0) is 28.4 Å². The van der Waals surface area contributed by atoms with Crippen LogP contribution in [0, 0.1) is 0 Å². The van der Waals surface area contributed by atoms with Gasteiger partial charge in [-0.2, -0.15) is 9.78 Å². The predicted molar refractivity (Wildman–Crippen MR) is 90.9 cm³/mol. The van der Waals surface area contributed by atoms with E-state index in [4.69, 9.17) is 5.73 Å². The van der Waals surface area contributed by atoms with Gasteiger partial charge < -0.3 is 10.8 Å². The molecular weight excluding hydrogens is 340 g/mol. The van der Waals surface area contributed by atoms with Gasteiger partial charge in [0.1, 0.15) is 5.75 Å². The normalized spacial score (nSPS) is 11.3. The highest BCUT2D eigenvalue weighted by Gasteiger charge is 2.25. The molecule has 2 heterocycles. The molecule has 3 aromatic rings. The second-order valence-corrected chi connectivity index (χ2v) is 5.62. The monoisotopic (exact) mass is 356 g/mol. The molecule has 0 spiro atoms. The molecule has 0 unspecified atom stereocenters. The van der Waals surface area contributed by atoms with E-state index in [2.05, 4.69) is 35.8 Å². The highest BCUT2D eigenvalue weighted by atomic mass is 16.6. The lowest BCUT2D eigenvalue weighted by atomic mass is 10.1. The minimum atomic E-state index is -0.568. The van der Waals surface area contributed by atoms with E-state index in [1.165, 1.54) is 17.0 Å². The topological polar surface area (TPSA) is 157 Å². The number of para-hydroxylation sites is 1. The molecule has 0 atom stereocenters. The van der Waals surface area contributed by atoms with Crippen LogP contribution in [0.3, 0.4) is 0 Å². The zero-order valence-electron chi connectivity index (χ0n) is 14.0. The van der Waals surface area contributed by atoms with Gasteiger partial charge in [-0.3, -0.25) is 4.79 Å². The highest BCUT2D eigenvalue weighted by molar-refractivity contribution is 5.94. The fourth-order valence-electron chi connectivity index (χ4n) is 2.27. The van der Waals surface area contributed by atoms with E-state index in [0.717, 1.165) is 0 Å². The number of rotatable bonds is 5. The van der Waals surface area contributed by atoms with Gasteiger partial charge in [0.15, 0.2) is 5.69 Å². The molecule has 134 valence electrons. The van der Waals surface area contributed by atoms with Gasteiger partial charge in [0.05, 0.1) is 11.9 Å². The number of phenols is 1. The van der Waals surface area contributed by atoms with Crippen LogP contribution in [-0.4, -0.2) is 42.5 Å². The quantitative estimate of drug-likeness (QED) is 0.448. The molecule has 26 heavy (non-hydrogen) atoms. The van der Waals surface area contributed by atoms with E-state index < -0.39 is 5.91 Å². The molecular formula is C15H16N8O3. The van der Waals surface area contributed by atoms with Crippen LogP contribution in [0.15, 0.2) is 34.0 Å². The summed E-state index contributed by atoms with van der Waals surface area (Å²) in [6.45, 7) is 3.72. The summed E-state index contributed by atoms with van der Waals surface area (Å²) in [7, 11) is 0. The first-order valence-electron chi connectivity index (χ1n) is 7.64. The lowest BCUT2D eigenvalue weighted by Gasteiger charge is -2.08. The minimum absolute atomic E-state index is 0.0290. The van der Waals surface area contributed by atoms with Crippen molar-refractivity contribution in [1.29, 1.82) is 0 Å². The molecule has 4 N–H and O–H groups in total. The number of anilines is 1. The van der Waals surface area contributed by atoms with Crippen LogP contribution < -0.4 is 11.2 Å². The highest BCUT2D eigenvalue weighted by Crippen LogP contribution is 2.22. The fourth-order valence-corrected chi connectivity index (χ4v) is 2.27. The van der Waals surface area contributed by atoms with Crippen molar-refractivity contribution in [2.45, 2.75) is 19.8 Å². The summed E-state index contributed by atoms with van der Waals surface area (Å²) in [5.41, 5.74) is 9.04. The molecule has 11 nitrogen and oxygen atoms in total. The summed E-state index contributed by atoms with van der Waals surface area (Å²) in [4.78, 5) is 12.4. The van der Waals surface area contributed by atoms with Crippen molar-refractivity contribution < 1.29 is 14.5 Å². The number of hydrogen-bond acceptors (Lipinski definition) is 9. The second kappa shape index (κ2) is 7.01. The van der Waals surface area contributed by atoms with Gasteiger partial charge in [-0.25, -0.2) is 10.1 Å². The first-order chi connectivity index (χ1) is 12.5. The Bertz CT molecular complexity index is 959. The third-order valence-electron chi connectivity index (χ3n) is 3.47. The molecule has 0 bridgehead atoms. The van der Waals surface area contributed by atoms with E-state index in [9.17, 15) is 9.90 Å². The molecule has 0 fully saturated rings. The van der Waals surface area contributed by atoms with E-state index in [1.54, 1.807) is 18.2 Å². The number of nitrogen functional groups attached to an aromatic ring is 1. The van der Waals surface area contributed by atoms with Crippen molar-refractivity contribution in [3.05, 3.63) is 41.2 Å². The third kappa shape index (κ3) is 3.22. The SMILES string of the molecule is CC(C)c1c(C(=O)N/N=C\c2ccccc2O)nnn1-c1nonc1N. The van der Waals surface area contributed by atoms with Crippen LogP contribution >= 0.6 is 0 Å². The first kappa shape index (κ1) is 17.1. The van der Waals surface area contributed by atoms with Crippen molar-refractivity contribution >= 4 is 17.9 Å². The molecule has 2 aromatic heterocycles. The average molecular weight is 356 g/mol. The maximum absolute atomic E-state index is 12.4. The van der Waals surface area contributed by atoms with Gasteiger partial charge in [-0.15, -0.1) is 5.10 Å². The summed E-state index contributed by atoms with van der Waals surface area (Å²) < 4.78 is 5.87. The number of phenolic OH excluding ortho intramolecular Hbond substituents is 1. The van der Waals surface area contributed by atoms with Gasteiger partial charge in [-0.1, -0.05) is 31.2 Å². The zero-order valence-corrected chi connectivity index (χ0v) is 14.0. The van der Waals surface area contributed by atoms with E-state index >= 15 is 0 Å². The average Bonchev–Trinajstić information content (AvgIpc) is 3.22. The molecule has 0 radical (unpaired) electrons. The number of carbonyl (C=O) groups excluding carboxylic acids is 1. The van der Waals surface area contributed by atoms with E-state index in [0.29, 0.717) is 11.3 Å². The Morgan fingerprint density at radius 1 is 1.38 bits per heavy atom. The van der Waals surface area contributed by atoms with Gasteiger partial charge >= 0.3 is 0 Å². The van der Waals surface area contributed by atoms with E-state index in [1.807, 2.05) is 13.8 Å². The van der Waals surface area contributed by atoms with Crippen LogP contribution in [0.2, 0.25) is 0 Å². The summed E-state index contributed by atoms with van der Waals surface area (Å²) in [5, 5.41) is 28.5. The predicted octanol–water partition coefficient (Wildman–Crippen LogP) is 0.825. The third-order valence-corrected chi connectivity index (χ3v) is 3.47. The molecule has 0 aliphatic carbocycles. The van der Waals surface area contributed by atoms with Crippen molar-refractivity contribution in [1.82, 2.24) is 30.7 Å². The van der Waals surface area contributed by atoms with Gasteiger partial charge in [0.25, 0.3) is 5.91 Å². The van der Waals surface area contributed by atoms with Crippen molar-refractivity contribution in [2.75, 3.05) is 5.73 Å². The van der Waals surface area contributed by atoms with Crippen molar-refractivity contribution in [3.63, 3.8) is 0 Å². The van der Waals surface area contributed by atoms with Crippen molar-refractivity contribution in [3.8, 4) is 11.6 Å². The molecule has 0 aliphatic rings. The number of aromatic hydroxyl groups is 1. The van der Waals surface area contributed by atoms with Crippen LogP contribution in [0.4, 0.5) is 5.82 Å². The number of carbonyl (C=O) groups is 1. The largest absolute Gasteiger partial charge is 0.507 e. The number of benzene rings is 1. The molecule has 1 aromatic carbocycles. The fraction of sp³-hybridized carbons (Fsp3) is 0.200. The minimum Gasteiger partial charge on any atom is -0.507 e. The first-order valence-corrected chi connectivity index (χ1v) is 7.64. The Balaban J connectivity index is 1.85. The number of nitrogens with zero attached hydrogens (tertiary/aromatic N) is 6. The summed E-state index contributed by atoms with van der Waals surface area (Å²) >= 11 is 0. The van der Waals surface area contributed by atoms with Crippen molar-refractivity contribution in [2.24, 2.45) is 5.10 Å². The van der Waals surface area contributed by atoms with Crippen LogP contribution in [0.5, 0.6) is 5.75 Å². The van der Waals surface area contributed by atoms with Crippen LogP contribution in [0.25, 0.3) is 5.82 Å². The Morgan fingerprint density at radius 2 is 2.15 bits per heavy atom. The molecule has 0 saturated heterocycles. The van der Waals surface area contributed by atoms with E-state index in [-0.39, 0.29) is 29.0 Å². The van der Waals surface area contributed by atoms with Crippen LogP contribution in [0.1, 0.15) is 41.5 Å². The number of amides is 1. The Labute approximate surface area is 147 Å². The Kier molecular flexibility index (Phi) is 4.60. The zero-order chi connectivity index (χ0) is 18.7. The molecule has 3 rings (SSSR count). The standard InChI is InChI=1S/C15H16N8O3/c1-8(2)12-11(18-22-23(12)14-13(16)20-26-21-14)15(25)19-17-7-9-5-3-4-6-10(9)24/h3-8,24H,1-2H3,(H2,16,20)(H,19,25)/b17-7-.